The number of hydrogen-bond donors (Lipinski definition) is 1. The zero-order valence-electron chi connectivity index (χ0n) is 17.4. The predicted octanol–water partition coefficient (Wildman–Crippen LogP) is 6.33. The standard InChI is InChI=1S/C23H19BrClN5OS2/c1-2-11-30-21(18-5-3-4-6-19(18)24)28-29-23(30)32-14-20(31)27-22-26-13-17(33-22)12-15-7-9-16(25)10-8-15/h2-10,13H,1,11-12,14H2,(H,26,27,31). The highest BCUT2D eigenvalue weighted by molar-refractivity contribution is 9.10. The van der Waals surface area contributed by atoms with Crippen LogP contribution in [0.3, 0.4) is 0 Å². The van der Waals surface area contributed by atoms with Gasteiger partial charge in [-0.25, -0.2) is 4.98 Å². The fourth-order valence-electron chi connectivity index (χ4n) is 3.07. The number of benzene rings is 2. The first-order valence-corrected chi connectivity index (χ1v) is 12.9. The van der Waals surface area contributed by atoms with Crippen LogP contribution in [0.25, 0.3) is 11.4 Å². The molecule has 33 heavy (non-hydrogen) atoms. The molecule has 4 rings (SSSR count). The Morgan fingerprint density at radius 1 is 1.21 bits per heavy atom. The second-order valence-electron chi connectivity index (χ2n) is 6.96. The summed E-state index contributed by atoms with van der Waals surface area (Å²) in [4.78, 5) is 17.9. The molecule has 0 saturated carbocycles. The van der Waals surface area contributed by atoms with Crippen molar-refractivity contribution in [3.63, 3.8) is 0 Å². The minimum absolute atomic E-state index is 0.150. The predicted molar refractivity (Wildman–Crippen MR) is 139 cm³/mol. The third-order valence-corrected chi connectivity index (χ3v) is 7.39. The summed E-state index contributed by atoms with van der Waals surface area (Å²) in [6.45, 7) is 4.37. The number of rotatable bonds is 9. The maximum absolute atomic E-state index is 12.5. The van der Waals surface area contributed by atoms with Crippen LogP contribution in [0.15, 0.2) is 77.0 Å². The Bertz CT molecular complexity index is 1270. The molecule has 0 bridgehead atoms. The molecular weight excluding hydrogens is 542 g/mol. The van der Waals surface area contributed by atoms with Gasteiger partial charge in [-0.05, 0) is 23.8 Å². The summed E-state index contributed by atoms with van der Waals surface area (Å²) >= 11 is 12.3. The van der Waals surface area contributed by atoms with Crippen molar-refractivity contribution in [3.05, 3.63) is 87.3 Å². The van der Waals surface area contributed by atoms with Crippen molar-refractivity contribution in [3.8, 4) is 11.4 Å². The topological polar surface area (TPSA) is 72.7 Å². The summed E-state index contributed by atoms with van der Waals surface area (Å²) in [5.74, 6) is 0.761. The van der Waals surface area contributed by atoms with Crippen molar-refractivity contribution in [2.45, 2.75) is 18.1 Å². The van der Waals surface area contributed by atoms with Gasteiger partial charge in [-0.2, -0.15) is 0 Å². The number of thioether (sulfide) groups is 1. The maximum atomic E-state index is 12.5. The lowest BCUT2D eigenvalue weighted by Crippen LogP contribution is -2.14. The molecule has 6 nitrogen and oxygen atoms in total. The van der Waals surface area contributed by atoms with Gasteiger partial charge in [-0.3, -0.25) is 9.36 Å². The quantitative estimate of drug-likeness (QED) is 0.191. The summed E-state index contributed by atoms with van der Waals surface area (Å²) < 4.78 is 2.87. The lowest BCUT2D eigenvalue weighted by Gasteiger charge is -2.08. The van der Waals surface area contributed by atoms with Crippen molar-refractivity contribution in [2.75, 3.05) is 11.1 Å². The van der Waals surface area contributed by atoms with Gasteiger partial charge < -0.3 is 5.32 Å². The molecule has 168 valence electrons. The first-order chi connectivity index (χ1) is 16.0. The highest BCUT2D eigenvalue weighted by atomic mass is 79.9. The van der Waals surface area contributed by atoms with E-state index in [-0.39, 0.29) is 11.7 Å². The summed E-state index contributed by atoms with van der Waals surface area (Å²) in [6.07, 6.45) is 4.31. The zero-order chi connectivity index (χ0) is 23.2. The number of nitrogens with one attached hydrogen (secondary N) is 1. The van der Waals surface area contributed by atoms with Gasteiger partial charge in [0.1, 0.15) is 0 Å². The van der Waals surface area contributed by atoms with E-state index in [2.05, 4.69) is 43.0 Å². The fraction of sp³-hybridized carbons (Fsp3) is 0.130. The molecule has 10 heteroatoms. The van der Waals surface area contributed by atoms with Crippen LogP contribution >= 0.6 is 50.6 Å². The van der Waals surface area contributed by atoms with Crippen LogP contribution in [0.5, 0.6) is 0 Å². The van der Waals surface area contributed by atoms with Crippen molar-refractivity contribution >= 4 is 61.7 Å². The highest BCUT2D eigenvalue weighted by Gasteiger charge is 2.17. The number of allylic oxidation sites excluding steroid dienone is 1. The second kappa shape index (κ2) is 11.1. The normalized spacial score (nSPS) is 10.8. The van der Waals surface area contributed by atoms with Crippen LogP contribution < -0.4 is 5.32 Å². The van der Waals surface area contributed by atoms with Crippen LogP contribution in [0, 0.1) is 0 Å². The molecule has 0 radical (unpaired) electrons. The van der Waals surface area contributed by atoms with Gasteiger partial charge in [-0.15, -0.1) is 28.1 Å². The Kier molecular flexibility index (Phi) is 7.97. The lowest BCUT2D eigenvalue weighted by molar-refractivity contribution is -0.113. The number of halogens is 2. The number of thiazole rings is 1. The van der Waals surface area contributed by atoms with Crippen LogP contribution in [0.4, 0.5) is 5.13 Å². The van der Waals surface area contributed by atoms with E-state index >= 15 is 0 Å². The van der Waals surface area contributed by atoms with Gasteiger partial charge in [-0.1, -0.05) is 75.7 Å². The van der Waals surface area contributed by atoms with Crippen LogP contribution in [0.2, 0.25) is 5.02 Å². The maximum Gasteiger partial charge on any atom is 0.236 e. The highest BCUT2D eigenvalue weighted by Crippen LogP contribution is 2.30. The van der Waals surface area contributed by atoms with E-state index in [0.717, 1.165) is 32.7 Å². The number of hydrogen-bond acceptors (Lipinski definition) is 6. The summed E-state index contributed by atoms with van der Waals surface area (Å²) in [7, 11) is 0. The monoisotopic (exact) mass is 559 g/mol. The Morgan fingerprint density at radius 2 is 2.00 bits per heavy atom. The number of nitrogens with zero attached hydrogens (tertiary/aromatic N) is 4. The molecule has 4 aromatic rings. The number of amides is 1. The van der Waals surface area contributed by atoms with E-state index in [1.165, 1.54) is 23.1 Å². The molecule has 0 aliphatic carbocycles. The van der Waals surface area contributed by atoms with Gasteiger partial charge in [0.2, 0.25) is 5.91 Å². The summed E-state index contributed by atoms with van der Waals surface area (Å²) in [5.41, 5.74) is 2.07. The Labute approximate surface area is 213 Å². The van der Waals surface area contributed by atoms with Crippen molar-refractivity contribution in [1.29, 1.82) is 0 Å². The molecule has 2 heterocycles. The van der Waals surface area contributed by atoms with Crippen molar-refractivity contribution < 1.29 is 4.79 Å². The van der Waals surface area contributed by atoms with Crippen molar-refractivity contribution in [1.82, 2.24) is 19.7 Å². The molecule has 0 fully saturated rings. The number of carbonyl (C=O) groups is 1. The Morgan fingerprint density at radius 3 is 2.76 bits per heavy atom. The number of carbonyl (C=O) groups excluding carboxylic acids is 1. The molecule has 0 saturated heterocycles. The fourth-order valence-corrected chi connectivity index (χ4v) is 5.27. The van der Waals surface area contributed by atoms with Gasteiger partial charge in [0.15, 0.2) is 16.1 Å². The van der Waals surface area contributed by atoms with Crippen molar-refractivity contribution in [2.24, 2.45) is 0 Å². The minimum atomic E-state index is -0.150. The third kappa shape index (κ3) is 6.11. The summed E-state index contributed by atoms with van der Waals surface area (Å²) in [5, 5.41) is 13.4. The minimum Gasteiger partial charge on any atom is -0.301 e. The van der Waals surface area contributed by atoms with E-state index in [9.17, 15) is 4.79 Å². The first kappa shape index (κ1) is 23.7. The van der Waals surface area contributed by atoms with Crippen LogP contribution in [0.1, 0.15) is 10.4 Å². The second-order valence-corrected chi connectivity index (χ2v) is 10.3. The SMILES string of the molecule is C=CCn1c(SCC(=O)Nc2ncc(Cc3ccc(Cl)cc3)s2)nnc1-c1ccccc1Br. The smallest absolute Gasteiger partial charge is 0.236 e. The van der Waals surface area contributed by atoms with E-state index in [4.69, 9.17) is 11.6 Å². The van der Waals surface area contributed by atoms with Gasteiger partial charge in [0.05, 0.1) is 5.75 Å². The molecule has 1 amide bonds. The molecule has 0 atom stereocenters. The molecule has 2 aromatic carbocycles. The average Bonchev–Trinajstić information content (AvgIpc) is 3.41. The Hall–Kier alpha value is -2.46. The van der Waals surface area contributed by atoms with Crippen LogP contribution in [-0.4, -0.2) is 31.4 Å². The third-order valence-electron chi connectivity index (χ3n) is 4.57. The molecular formula is C23H19BrClN5OS2. The summed E-state index contributed by atoms with van der Waals surface area (Å²) in [6, 6.07) is 15.5. The average molecular weight is 561 g/mol. The molecule has 0 unspecified atom stereocenters. The van der Waals surface area contributed by atoms with Crippen LogP contribution in [-0.2, 0) is 17.8 Å². The van der Waals surface area contributed by atoms with Gasteiger partial charge in [0, 0.05) is 39.1 Å². The largest absolute Gasteiger partial charge is 0.301 e. The molecule has 0 aliphatic rings. The van der Waals surface area contributed by atoms with E-state index in [1.807, 2.05) is 53.1 Å². The zero-order valence-corrected chi connectivity index (χ0v) is 21.3. The number of aromatic nitrogens is 4. The lowest BCUT2D eigenvalue weighted by atomic mass is 10.1. The number of anilines is 1. The van der Waals surface area contributed by atoms with E-state index in [0.29, 0.717) is 21.9 Å². The van der Waals surface area contributed by atoms with E-state index < -0.39 is 0 Å². The van der Waals surface area contributed by atoms with E-state index in [1.54, 1.807) is 12.3 Å². The Balaban J connectivity index is 1.38. The molecule has 0 aliphatic heterocycles. The first-order valence-electron chi connectivity index (χ1n) is 9.94. The molecule has 0 spiro atoms. The molecule has 2 aromatic heterocycles. The molecule has 1 N–H and O–H groups in total. The van der Waals surface area contributed by atoms with Gasteiger partial charge >= 0.3 is 0 Å². The van der Waals surface area contributed by atoms with Gasteiger partial charge in [0.25, 0.3) is 0 Å².